The number of rotatable bonds is 3. The lowest BCUT2D eigenvalue weighted by molar-refractivity contribution is 0.414. The molecule has 0 bridgehead atoms. The third-order valence-corrected chi connectivity index (χ3v) is 3.53. The minimum atomic E-state index is -0.406. The number of hydrogen-bond acceptors (Lipinski definition) is 6. The molecule has 2 aromatic carbocycles. The molecule has 0 aromatic heterocycles. The Morgan fingerprint density at radius 3 is 2.43 bits per heavy atom. The second-order valence-corrected chi connectivity index (χ2v) is 5.33. The van der Waals surface area contributed by atoms with Crippen molar-refractivity contribution in [1.29, 1.82) is 0 Å². The van der Waals surface area contributed by atoms with Gasteiger partial charge in [-0.1, -0.05) is 23.7 Å². The normalized spacial score (nSPS) is 16.9. The highest BCUT2D eigenvalue weighted by Crippen LogP contribution is 2.23. The van der Waals surface area contributed by atoms with E-state index < -0.39 is 6.17 Å². The minimum absolute atomic E-state index is 0.303. The monoisotopic (exact) mass is 329 g/mol. The van der Waals surface area contributed by atoms with Gasteiger partial charge in [-0.2, -0.15) is 0 Å². The predicted molar refractivity (Wildman–Crippen MR) is 93.0 cm³/mol. The van der Waals surface area contributed by atoms with Crippen LogP contribution in [0.15, 0.2) is 58.5 Å². The summed E-state index contributed by atoms with van der Waals surface area (Å²) in [6, 6.07) is 14.9. The molecule has 1 heterocycles. The van der Waals surface area contributed by atoms with Crippen LogP contribution in [0.4, 0.5) is 5.69 Å². The maximum atomic E-state index is 5.88. The lowest BCUT2D eigenvalue weighted by Gasteiger charge is -2.20. The molecule has 0 saturated heterocycles. The zero-order valence-corrected chi connectivity index (χ0v) is 13.2. The Hall–Kier alpha value is -2.73. The molecule has 2 aromatic rings. The van der Waals surface area contributed by atoms with Gasteiger partial charge >= 0.3 is 0 Å². The first-order valence-corrected chi connectivity index (χ1v) is 7.36. The van der Waals surface area contributed by atoms with Gasteiger partial charge in [-0.3, -0.25) is 5.32 Å². The smallest absolute Gasteiger partial charge is 0.205 e. The lowest BCUT2D eigenvalue weighted by Crippen LogP contribution is -2.43. The van der Waals surface area contributed by atoms with Gasteiger partial charge in [0.25, 0.3) is 0 Å². The number of nitrogens with one attached hydrogen (secondary N) is 2. The molecule has 3 rings (SSSR count). The summed E-state index contributed by atoms with van der Waals surface area (Å²) in [6.45, 7) is 0. The Labute approximate surface area is 139 Å². The van der Waals surface area contributed by atoms with Crippen molar-refractivity contribution >= 4 is 29.2 Å². The highest BCUT2D eigenvalue weighted by atomic mass is 35.5. The second-order valence-electron chi connectivity index (χ2n) is 4.90. The quantitative estimate of drug-likeness (QED) is 0.808. The molecular weight excluding hydrogens is 314 g/mol. The molecule has 0 saturated carbocycles. The van der Waals surface area contributed by atoms with Crippen LogP contribution in [-0.4, -0.2) is 19.0 Å². The maximum absolute atomic E-state index is 5.88. The third kappa shape index (κ3) is 3.73. The van der Waals surface area contributed by atoms with E-state index in [1.165, 1.54) is 0 Å². The molecule has 1 aliphatic rings. The van der Waals surface area contributed by atoms with Crippen molar-refractivity contribution in [2.75, 3.05) is 12.4 Å². The van der Waals surface area contributed by atoms with Crippen LogP contribution in [0.1, 0.15) is 11.7 Å². The van der Waals surface area contributed by atoms with E-state index in [1.807, 2.05) is 36.4 Å². The summed E-state index contributed by atoms with van der Waals surface area (Å²) < 4.78 is 5.16. The second kappa shape index (κ2) is 6.58. The number of methoxy groups -OCH3 is 1. The molecule has 7 heteroatoms. The molecule has 0 spiro atoms. The number of hydrogen-bond donors (Lipinski definition) is 3. The van der Waals surface area contributed by atoms with Crippen molar-refractivity contribution < 1.29 is 4.74 Å². The van der Waals surface area contributed by atoms with Crippen LogP contribution in [0.25, 0.3) is 0 Å². The molecule has 0 radical (unpaired) electrons. The lowest BCUT2D eigenvalue weighted by atomic mass is 10.1. The van der Waals surface area contributed by atoms with Gasteiger partial charge in [0.05, 0.1) is 7.11 Å². The van der Waals surface area contributed by atoms with Crippen molar-refractivity contribution in [3.05, 3.63) is 59.1 Å². The van der Waals surface area contributed by atoms with Crippen LogP contribution >= 0.6 is 11.6 Å². The number of nitrogens with zero attached hydrogens (tertiary/aromatic N) is 2. The maximum Gasteiger partial charge on any atom is 0.205 e. The number of ether oxygens (including phenoxy) is 1. The molecule has 118 valence electrons. The van der Waals surface area contributed by atoms with E-state index in [9.17, 15) is 0 Å². The van der Waals surface area contributed by atoms with E-state index >= 15 is 0 Å². The fraction of sp³-hybridized carbons (Fsp3) is 0.125. The van der Waals surface area contributed by atoms with Gasteiger partial charge in [0, 0.05) is 10.7 Å². The standard InChI is InChI=1S/C16H16ClN5O/c1-23-13-8-2-10(3-9-13)14-20-15(18)22-16(21-14)19-12-6-4-11(17)5-7-12/h2-9,14H,1H3,(H4,18,19,20,21,22)/t14-/m0/s1. The highest BCUT2D eigenvalue weighted by Gasteiger charge is 2.17. The van der Waals surface area contributed by atoms with Gasteiger partial charge in [-0.15, -0.1) is 0 Å². The number of anilines is 1. The van der Waals surface area contributed by atoms with Crippen molar-refractivity contribution in [2.24, 2.45) is 15.7 Å². The average Bonchev–Trinajstić information content (AvgIpc) is 2.56. The first-order valence-electron chi connectivity index (χ1n) is 6.99. The summed E-state index contributed by atoms with van der Waals surface area (Å²) in [6.07, 6.45) is -0.406. The summed E-state index contributed by atoms with van der Waals surface area (Å²) >= 11 is 5.88. The number of aliphatic imine (C=N–C) groups is 2. The fourth-order valence-electron chi connectivity index (χ4n) is 2.13. The van der Waals surface area contributed by atoms with E-state index in [2.05, 4.69) is 20.6 Å². The largest absolute Gasteiger partial charge is 0.497 e. The molecule has 1 atom stereocenters. The van der Waals surface area contributed by atoms with E-state index in [4.69, 9.17) is 22.1 Å². The Balaban J connectivity index is 1.80. The van der Waals surface area contributed by atoms with Crippen molar-refractivity contribution in [1.82, 2.24) is 5.32 Å². The molecule has 0 fully saturated rings. The molecular formula is C16H16ClN5O. The van der Waals surface area contributed by atoms with E-state index in [-0.39, 0.29) is 0 Å². The Morgan fingerprint density at radius 1 is 1.09 bits per heavy atom. The zero-order valence-electron chi connectivity index (χ0n) is 12.5. The van der Waals surface area contributed by atoms with E-state index in [0.29, 0.717) is 16.9 Å². The number of benzene rings is 2. The SMILES string of the molecule is COc1ccc([C@H]2N=C(N)NC(Nc3ccc(Cl)cc3)=N2)cc1. The van der Waals surface area contributed by atoms with Crippen LogP contribution in [0.3, 0.4) is 0 Å². The summed E-state index contributed by atoms with van der Waals surface area (Å²) in [5, 5.41) is 6.74. The van der Waals surface area contributed by atoms with Crippen molar-refractivity contribution in [2.45, 2.75) is 6.17 Å². The number of nitrogens with two attached hydrogens (primary N) is 1. The molecule has 23 heavy (non-hydrogen) atoms. The fourth-order valence-corrected chi connectivity index (χ4v) is 2.25. The molecule has 0 amide bonds. The summed E-state index contributed by atoms with van der Waals surface area (Å²) in [5.74, 6) is 1.61. The zero-order chi connectivity index (χ0) is 16.2. The third-order valence-electron chi connectivity index (χ3n) is 3.28. The minimum Gasteiger partial charge on any atom is -0.497 e. The van der Waals surface area contributed by atoms with Crippen LogP contribution in [0, 0.1) is 0 Å². The van der Waals surface area contributed by atoms with Crippen molar-refractivity contribution in [3.8, 4) is 5.75 Å². The van der Waals surface area contributed by atoms with Gasteiger partial charge in [0.1, 0.15) is 5.75 Å². The highest BCUT2D eigenvalue weighted by molar-refractivity contribution is 6.30. The number of halogens is 1. The Kier molecular flexibility index (Phi) is 4.34. The molecule has 4 N–H and O–H groups in total. The van der Waals surface area contributed by atoms with Crippen molar-refractivity contribution in [3.63, 3.8) is 0 Å². The van der Waals surface area contributed by atoms with Crippen LogP contribution in [0.5, 0.6) is 5.75 Å². The predicted octanol–water partition coefficient (Wildman–Crippen LogP) is 2.73. The first-order chi connectivity index (χ1) is 11.1. The van der Waals surface area contributed by atoms with Gasteiger partial charge in [-0.05, 0) is 42.0 Å². The van der Waals surface area contributed by atoms with Crippen LogP contribution in [0.2, 0.25) is 5.02 Å². The van der Waals surface area contributed by atoms with Gasteiger partial charge in [0.15, 0.2) is 12.1 Å². The van der Waals surface area contributed by atoms with Crippen LogP contribution < -0.4 is 21.1 Å². The number of guanidine groups is 2. The Morgan fingerprint density at radius 2 is 1.78 bits per heavy atom. The molecule has 6 nitrogen and oxygen atoms in total. The molecule has 0 aliphatic carbocycles. The summed E-state index contributed by atoms with van der Waals surface area (Å²) in [7, 11) is 1.63. The van der Waals surface area contributed by atoms with Gasteiger partial charge in [-0.25, -0.2) is 9.98 Å². The Bertz CT molecular complexity index is 740. The molecule has 1 aliphatic heterocycles. The van der Waals surface area contributed by atoms with Gasteiger partial charge in [0.2, 0.25) is 5.96 Å². The summed E-state index contributed by atoms with van der Waals surface area (Å²) in [4.78, 5) is 8.84. The van der Waals surface area contributed by atoms with E-state index in [0.717, 1.165) is 17.0 Å². The average molecular weight is 330 g/mol. The van der Waals surface area contributed by atoms with E-state index in [1.54, 1.807) is 19.2 Å². The summed E-state index contributed by atoms with van der Waals surface area (Å²) in [5.41, 5.74) is 7.63. The molecule has 0 unspecified atom stereocenters. The topological polar surface area (TPSA) is 84.0 Å². The first kappa shape index (κ1) is 15.2. The van der Waals surface area contributed by atoms with Crippen LogP contribution in [-0.2, 0) is 0 Å². The van der Waals surface area contributed by atoms with Gasteiger partial charge < -0.3 is 15.8 Å².